The third-order valence-electron chi connectivity index (χ3n) is 4.74. The molecule has 1 atom stereocenters. The van der Waals surface area contributed by atoms with Crippen molar-refractivity contribution in [2.24, 2.45) is 0 Å². The van der Waals surface area contributed by atoms with Crippen LogP contribution in [0.2, 0.25) is 0 Å². The summed E-state index contributed by atoms with van der Waals surface area (Å²) in [5, 5.41) is 0. The largest absolute Gasteiger partial charge is 0.494 e. The fourth-order valence-electron chi connectivity index (χ4n) is 3.43. The second-order valence-electron chi connectivity index (χ2n) is 6.67. The quantitative estimate of drug-likeness (QED) is 0.408. The lowest BCUT2D eigenvalue weighted by molar-refractivity contribution is -0.137. The van der Waals surface area contributed by atoms with Crippen LogP contribution in [-0.2, 0) is 16.0 Å². The summed E-state index contributed by atoms with van der Waals surface area (Å²) in [6.45, 7) is 4.59. The molecule has 4 nitrogen and oxygen atoms in total. The van der Waals surface area contributed by atoms with Gasteiger partial charge in [0.2, 0.25) is 0 Å². The first-order valence-corrected chi connectivity index (χ1v) is 11.0. The average Bonchev–Trinajstić information content (AvgIpc) is 2.98. The molecule has 0 fully saturated rings. The molecular weight excluding hydrogens is 372 g/mol. The lowest BCUT2D eigenvalue weighted by atomic mass is 10.1. The first kappa shape index (κ1) is 20.4. The van der Waals surface area contributed by atoms with Gasteiger partial charge in [-0.1, -0.05) is 47.2 Å². The summed E-state index contributed by atoms with van der Waals surface area (Å²) in [4.78, 5) is 13.1. The summed E-state index contributed by atoms with van der Waals surface area (Å²) < 4.78 is 21.5. The Morgan fingerprint density at radius 1 is 1.11 bits per heavy atom. The Morgan fingerprint density at radius 2 is 1.86 bits per heavy atom. The molecule has 148 valence electrons. The molecule has 28 heavy (non-hydrogen) atoms. The van der Waals surface area contributed by atoms with Crippen molar-refractivity contribution in [3.8, 4) is 5.75 Å². The molecule has 0 saturated carbocycles. The summed E-state index contributed by atoms with van der Waals surface area (Å²) >= 11 is 0. The molecule has 0 saturated heterocycles. The van der Waals surface area contributed by atoms with Crippen molar-refractivity contribution in [2.45, 2.75) is 26.7 Å². The van der Waals surface area contributed by atoms with Gasteiger partial charge in [0.1, 0.15) is 5.75 Å². The van der Waals surface area contributed by atoms with Gasteiger partial charge < -0.3 is 14.0 Å². The van der Waals surface area contributed by atoms with Crippen LogP contribution in [0.3, 0.4) is 0 Å². The summed E-state index contributed by atoms with van der Waals surface area (Å²) in [6, 6.07) is 16.1. The van der Waals surface area contributed by atoms with Gasteiger partial charge in [0.05, 0.1) is 18.8 Å². The Labute approximate surface area is 168 Å². The number of allylic oxidation sites excluding steroid dienone is 1. The van der Waals surface area contributed by atoms with Gasteiger partial charge in [-0.3, -0.25) is 0 Å². The summed E-state index contributed by atoms with van der Waals surface area (Å²) in [5.41, 5.74) is 4.42. The number of carbonyl (C=O) groups is 1. The van der Waals surface area contributed by atoms with Crippen LogP contribution in [0.4, 0.5) is 0 Å². The second kappa shape index (κ2) is 9.22. The molecule has 1 aliphatic rings. The number of aryl methyl sites for hydroxylation is 1. The number of hydrogen-bond donors (Lipinski definition) is 1. The Bertz CT molecular complexity index is 925. The Morgan fingerprint density at radius 3 is 2.54 bits per heavy atom. The van der Waals surface area contributed by atoms with Crippen molar-refractivity contribution in [1.29, 1.82) is 0 Å². The minimum atomic E-state index is -1.07. The molecule has 5 heteroatoms. The number of benzene rings is 2. The van der Waals surface area contributed by atoms with Gasteiger partial charge in [-0.15, -0.1) is 0 Å². The third kappa shape index (κ3) is 4.37. The van der Waals surface area contributed by atoms with Gasteiger partial charge in [-0.05, 0) is 55.5 Å². The van der Waals surface area contributed by atoms with Crippen LogP contribution in [-0.4, -0.2) is 34.9 Å². The standard InChI is InChI=1S/C23H26O4S/c1-4-26-23(24)21-16(2)19-13-12-18(15-20(19)22(21)28(3)25)27-14-8-11-17-9-6-5-7-10-17/h5-7,9-10,12-13,15,25H,4,8,11,14H2,1-3H3. The lowest BCUT2D eigenvalue weighted by Crippen LogP contribution is -2.15. The van der Waals surface area contributed by atoms with Crippen LogP contribution in [0.25, 0.3) is 5.57 Å². The molecule has 0 amide bonds. The minimum absolute atomic E-state index is 0.304. The zero-order valence-electron chi connectivity index (χ0n) is 16.5. The topological polar surface area (TPSA) is 55.8 Å². The molecule has 0 spiro atoms. The van der Waals surface area contributed by atoms with E-state index in [9.17, 15) is 9.35 Å². The highest BCUT2D eigenvalue weighted by molar-refractivity contribution is 8.11. The fourth-order valence-corrected chi connectivity index (χ4v) is 4.45. The van der Waals surface area contributed by atoms with Crippen molar-refractivity contribution < 1.29 is 18.8 Å². The maximum atomic E-state index is 12.4. The van der Waals surface area contributed by atoms with E-state index in [-0.39, 0.29) is 5.97 Å². The molecule has 0 radical (unpaired) electrons. The van der Waals surface area contributed by atoms with Gasteiger partial charge in [0.15, 0.2) is 0 Å². The highest BCUT2D eigenvalue weighted by Gasteiger charge is 2.31. The predicted octanol–water partition coefficient (Wildman–Crippen LogP) is 4.94. The van der Waals surface area contributed by atoms with Crippen molar-refractivity contribution in [2.75, 3.05) is 19.5 Å². The summed E-state index contributed by atoms with van der Waals surface area (Å²) in [6.07, 6.45) is 3.58. The maximum Gasteiger partial charge on any atom is 0.339 e. The van der Waals surface area contributed by atoms with E-state index in [1.807, 2.05) is 43.3 Å². The molecule has 0 bridgehead atoms. The van der Waals surface area contributed by atoms with E-state index >= 15 is 0 Å². The number of esters is 1. The molecule has 0 aromatic heterocycles. The van der Waals surface area contributed by atoms with Crippen LogP contribution >= 0.6 is 10.8 Å². The van der Waals surface area contributed by atoms with E-state index in [0.717, 1.165) is 35.3 Å². The summed E-state index contributed by atoms with van der Waals surface area (Å²) in [5.74, 6) is 0.359. The molecular formula is C23H26O4S. The van der Waals surface area contributed by atoms with Gasteiger partial charge in [-0.2, -0.15) is 0 Å². The van der Waals surface area contributed by atoms with E-state index < -0.39 is 10.8 Å². The number of fused-ring (bicyclic) bond motifs is 1. The van der Waals surface area contributed by atoms with E-state index in [2.05, 4.69) is 12.1 Å². The molecule has 1 aliphatic carbocycles. The fraction of sp³-hybridized carbons (Fsp3) is 0.304. The monoisotopic (exact) mass is 398 g/mol. The second-order valence-corrected chi connectivity index (χ2v) is 8.04. The molecule has 1 N–H and O–H groups in total. The SMILES string of the molecule is CCOC(=O)C1=C(C)c2ccc(OCCCc3ccccc3)cc2/C1=S(/C)O. The van der Waals surface area contributed by atoms with E-state index in [1.165, 1.54) is 5.56 Å². The zero-order valence-corrected chi connectivity index (χ0v) is 17.3. The van der Waals surface area contributed by atoms with Crippen LogP contribution < -0.4 is 4.74 Å². The smallest absolute Gasteiger partial charge is 0.339 e. The minimum Gasteiger partial charge on any atom is -0.494 e. The van der Waals surface area contributed by atoms with Crippen LogP contribution in [0.1, 0.15) is 37.0 Å². The molecule has 2 aromatic rings. The lowest BCUT2D eigenvalue weighted by Gasteiger charge is -2.11. The zero-order chi connectivity index (χ0) is 20.1. The van der Waals surface area contributed by atoms with Crippen LogP contribution in [0, 0.1) is 0 Å². The van der Waals surface area contributed by atoms with Gasteiger partial charge in [0, 0.05) is 16.7 Å². The van der Waals surface area contributed by atoms with Crippen molar-refractivity contribution >= 4 is 27.2 Å². The molecule has 2 aromatic carbocycles. The van der Waals surface area contributed by atoms with Crippen molar-refractivity contribution in [1.82, 2.24) is 0 Å². The summed E-state index contributed by atoms with van der Waals surface area (Å²) in [7, 11) is -1.07. The molecule has 0 heterocycles. The number of carbonyl (C=O) groups excluding carboxylic acids is 1. The number of rotatable bonds is 7. The maximum absolute atomic E-state index is 12.4. The van der Waals surface area contributed by atoms with Gasteiger partial charge in [-0.25, -0.2) is 4.79 Å². The van der Waals surface area contributed by atoms with Crippen molar-refractivity contribution in [3.05, 3.63) is 70.8 Å². The Kier molecular flexibility index (Phi) is 6.70. The first-order chi connectivity index (χ1) is 13.5. The van der Waals surface area contributed by atoms with Crippen molar-refractivity contribution in [3.63, 3.8) is 0 Å². The molecule has 0 aliphatic heterocycles. The van der Waals surface area contributed by atoms with Crippen LogP contribution in [0.5, 0.6) is 5.75 Å². The Balaban J connectivity index is 1.74. The average molecular weight is 399 g/mol. The van der Waals surface area contributed by atoms with E-state index in [0.29, 0.717) is 23.7 Å². The molecule has 1 unspecified atom stereocenters. The van der Waals surface area contributed by atoms with E-state index in [1.54, 1.807) is 13.2 Å². The van der Waals surface area contributed by atoms with Crippen LogP contribution in [0.15, 0.2) is 54.1 Å². The molecule has 3 rings (SSSR count). The van der Waals surface area contributed by atoms with Gasteiger partial charge >= 0.3 is 5.97 Å². The van der Waals surface area contributed by atoms with Gasteiger partial charge in [0.25, 0.3) is 0 Å². The number of ether oxygens (including phenoxy) is 2. The third-order valence-corrected chi connectivity index (χ3v) is 5.75. The normalized spacial score (nSPS) is 15.4. The predicted molar refractivity (Wildman–Crippen MR) is 116 cm³/mol. The number of hydrogen-bond acceptors (Lipinski definition) is 4. The Hall–Kier alpha value is -2.37. The highest BCUT2D eigenvalue weighted by atomic mass is 32.2. The highest BCUT2D eigenvalue weighted by Crippen LogP contribution is 2.38. The first-order valence-electron chi connectivity index (χ1n) is 9.44. The van der Waals surface area contributed by atoms with E-state index in [4.69, 9.17) is 9.47 Å².